The normalized spacial score (nSPS) is 11.2. The van der Waals surface area contributed by atoms with Gasteiger partial charge in [0.25, 0.3) is 5.69 Å². The van der Waals surface area contributed by atoms with Crippen LogP contribution in [0.2, 0.25) is 10.0 Å². The first-order valence-electron chi connectivity index (χ1n) is 9.60. The van der Waals surface area contributed by atoms with Gasteiger partial charge in [0.2, 0.25) is 0 Å². The highest BCUT2D eigenvalue weighted by Gasteiger charge is 2.20. The van der Waals surface area contributed by atoms with Crippen LogP contribution in [-0.2, 0) is 6.42 Å². The minimum atomic E-state index is -0.412. The number of nitro groups is 1. The highest BCUT2D eigenvalue weighted by Crippen LogP contribution is 2.42. The maximum atomic E-state index is 11.0. The molecule has 0 atom stereocenters. The van der Waals surface area contributed by atoms with Gasteiger partial charge in [0, 0.05) is 36.2 Å². The van der Waals surface area contributed by atoms with Crippen LogP contribution in [0.25, 0.3) is 22.3 Å². The second-order valence-corrected chi connectivity index (χ2v) is 9.80. The third-order valence-electron chi connectivity index (χ3n) is 5.14. The predicted molar refractivity (Wildman–Crippen MR) is 139 cm³/mol. The van der Waals surface area contributed by atoms with Gasteiger partial charge in [0.05, 0.1) is 10.5 Å². The molecule has 0 aromatic heterocycles. The summed E-state index contributed by atoms with van der Waals surface area (Å²) in [6.07, 6.45) is 0.999. The van der Waals surface area contributed by atoms with Crippen molar-refractivity contribution in [3.63, 3.8) is 0 Å². The fourth-order valence-electron chi connectivity index (χ4n) is 3.72. The van der Waals surface area contributed by atoms with Gasteiger partial charge in [0.15, 0.2) is 0 Å². The molecule has 32 heavy (non-hydrogen) atoms. The molecule has 160 valence electrons. The van der Waals surface area contributed by atoms with Crippen molar-refractivity contribution in [2.45, 2.75) is 6.42 Å². The molecule has 0 unspecified atom stereocenters. The van der Waals surface area contributed by atoms with Gasteiger partial charge in [-0.3, -0.25) is 10.1 Å². The molecule has 1 aliphatic rings. The lowest BCUT2D eigenvalue weighted by Gasteiger charge is -2.05. The predicted octanol–water partition coefficient (Wildman–Crippen LogP) is 9.35. The van der Waals surface area contributed by atoms with Crippen LogP contribution in [0.3, 0.4) is 0 Å². The smallest absolute Gasteiger partial charge is 0.258 e. The number of nitro benzene ring substituents is 1. The molecule has 7 heteroatoms. The molecular formula is C25H15Br2Cl2NO2. The summed E-state index contributed by atoms with van der Waals surface area (Å²) in [4.78, 5) is 10.6. The molecule has 0 heterocycles. The van der Waals surface area contributed by atoms with Crippen molar-refractivity contribution < 1.29 is 4.92 Å². The van der Waals surface area contributed by atoms with Gasteiger partial charge >= 0.3 is 0 Å². The number of halogens is 4. The lowest BCUT2D eigenvalue weighted by molar-refractivity contribution is -0.384. The van der Waals surface area contributed by atoms with Crippen LogP contribution >= 0.6 is 55.1 Å². The van der Waals surface area contributed by atoms with Gasteiger partial charge < -0.3 is 0 Å². The Bertz CT molecular complexity index is 1340. The molecule has 4 aromatic rings. The lowest BCUT2D eigenvalue weighted by Crippen LogP contribution is -1.92. The standard InChI is InChI=1S/C13H8BrCl.C12H7BrClNO2/c14-10-5-4-8-6-9-2-1-3-12(15)13(9)11(8)7-10;13-8-5-6-12(15(16)17)10(7-8)9-3-1-2-4-11(9)14/h1-5,7H,6H2;1-7H. The molecule has 0 radical (unpaired) electrons. The van der Waals surface area contributed by atoms with Gasteiger partial charge in [-0.2, -0.15) is 0 Å². The van der Waals surface area contributed by atoms with E-state index in [1.165, 1.54) is 28.3 Å². The highest BCUT2D eigenvalue weighted by molar-refractivity contribution is 9.10. The van der Waals surface area contributed by atoms with Crippen molar-refractivity contribution in [1.82, 2.24) is 0 Å². The maximum absolute atomic E-state index is 11.0. The second-order valence-electron chi connectivity index (χ2n) is 7.15. The first-order valence-corrected chi connectivity index (χ1v) is 11.9. The molecule has 4 aromatic carbocycles. The van der Waals surface area contributed by atoms with E-state index >= 15 is 0 Å². The third kappa shape index (κ3) is 4.76. The maximum Gasteiger partial charge on any atom is 0.277 e. The van der Waals surface area contributed by atoms with E-state index < -0.39 is 4.92 Å². The van der Waals surface area contributed by atoms with Crippen molar-refractivity contribution in [2.24, 2.45) is 0 Å². The van der Waals surface area contributed by atoms with Crippen molar-refractivity contribution in [3.05, 3.63) is 119 Å². The topological polar surface area (TPSA) is 43.1 Å². The van der Waals surface area contributed by atoms with E-state index in [2.05, 4.69) is 56.1 Å². The third-order valence-corrected chi connectivity index (χ3v) is 6.77. The van der Waals surface area contributed by atoms with Crippen LogP contribution < -0.4 is 0 Å². The van der Waals surface area contributed by atoms with E-state index in [0.717, 1.165) is 20.4 Å². The van der Waals surface area contributed by atoms with Gasteiger partial charge in [0.1, 0.15) is 0 Å². The molecule has 0 fully saturated rings. The molecule has 3 nitrogen and oxygen atoms in total. The Labute approximate surface area is 212 Å². The van der Waals surface area contributed by atoms with Gasteiger partial charge in [-0.15, -0.1) is 0 Å². The summed E-state index contributed by atoms with van der Waals surface area (Å²) in [5.74, 6) is 0. The Hall–Kier alpha value is -2.18. The van der Waals surface area contributed by atoms with Crippen molar-refractivity contribution >= 4 is 60.7 Å². The van der Waals surface area contributed by atoms with Gasteiger partial charge in [-0.25, -0.2) is 0 Å². The average molecular weight is 592 g/mol. The summed E-state index contributed by atoms with van der Waals surface area (Å²) in [5.41, 5.74) is 6.37. The minimum Gasteiger partial charge on any atom is -0.258 e. The zero-order valence-electron chi connectivity index (χ0n) is 16.5. The molecule has 0 N–H and O–H groups in total. The fourth-order valence-corrected chi connectivity index (χ4v) is 4.98. The van der Waals surface area contributed by atoms with E-state index in [-0.39, 0.29) is 5.69 Å². The molecule has 0 bridgehead atoms. The Morgan fingerprint density at radius 1 is 0.719 bits per heavy atom. The molecule has 0 amide bonds. The van der Waals surface area contributed by atoms with Crippen molar-refractivity contribution in [2.75, 3.05) is 0 Å². The summed E-state index contributed by atoms with van der Waals surface area (Å²) in [6.45, 7) is 0. The minimum absolute atomic E-state index is 0.0429. The number of fused-ring (bicyclic) bond motifs is 3. The molecule has 0 saturated carbocycles. The number of rotatable bonds is 2. The number of benzene rings is 4. The second kappa shape index (κ2) is 9.75. The van der Waals surface area contributed by atoms with E-state index in [0.29, 0.717) is 16.1 Å². The van der Waals surface area contributed by atoms with E-state index in [1.807, 2.05) is 12.1 Å². The Morgan fingerprint density at radius 2 is 1.38 bits per heavy atom. The largest absolute Gasteiger partial charge is 0.277 e. The summed E-state index contributed by atoms with van der Waals surface area (Å²) >= 11 is 19.1. The molecule has 0 aliphatic heterocycles. The van der Waals surface area contributed by atoms with Crippen LogP contribution in [0.15, 0.2) is 87.8 Å². The number of hydrogen-bond donors (Lipinski definition) is 0. The Kier molecular flexibility index (Phi) is 7.01. The summed E-state index contributed by atoms with van der Waals surface area (Å²) in [6, 6.07) is 24.4. The quantitative estimate of drug-likeness (QED) is 0.152. The van der Waals surface area contributed by atoms with Crippen molar-refractivity contribution in [1.29, 1.82) is 0 Å². The highest BCUT2D eigenvalue weighted by atomic mass is 79.9. The monoisotopic (exact) mass is 589 g/mol. The molecule has 0 saturated heterocycles. The van der Waals surface area contributed by atoms with E-state index in [4.69, 9.17) is 23.2 Å². The van der Waals surface area contributed by atoms with Crippen LogP contribution in [0.5, 0.6) is 0 Å². The molecule has 1 aliphatic carbocycles. The number of hydrogen-bond acceptors (Lipinski definition) is 2. The van der Waals surface area contributed by atoms with Crippen LogP contribution in [0.4, 0.5) is 5.69 Å². The van der Waals surface area contributed by atoms with Gasteiger partial charge in [-0.1, -0.05) is 91.5 Å². The first-order chi connectivity index (χ1) is 15.3. The number of nitrogens with zero attached hydrogens (tertiary/aromatic N) is 1. The molecular weight excluding hydrogens is 577 g/mol. The molecule has 5 rings (SSSR count). The van der Waals surface area contributed by atoms with Crippen LogP contribution in [0, 0.1) is 10.1 Å². The lowest BCUT2D eigenvalue weighted by atomic mass is 10.0. The Balaban J connectivity index is 0.000000154. The zero-order valence-corrected chi connectivity index (χ0v) is 21.2. The molecule has 0 spiro atoms. The van der Waals surface area contributed by atoms with Crippen molar-refractivity contribution in [3.8, 4) is 22.3 Å². The zero-order chi connectivity index (χ0) is 22.8. The van der Waals surface area contributed by atoms with Gasteiger partial charge in [-0.05, 0) is 59.5 Å². The summed E-state index contributed by atoms with van der Waals surface area (Å²) in [7, 11) is 0. The summed E-state index contributed by atoms with van der Waals surface area (Å²) < 4.78 is 1.88. The van der Waals surface area contributed by atoms with Crippen LogP contribution in [-0.4, -0.2) is 4.92 Å². The SMILES string of the molecule is Clc1cccc2c1-c1cc(Br)ccc1C2.O=[N+]([O-])c1ccc(Br)cc1-c1ccccc1Cl. The van der Waals surface area contributed by atoms with E-state index in [9.17, 15) is 10.1 Å². The first kappa shape index (κ1) is 23.0. The Morgan fingerprint density at radius 3 is 2.09 bits per heavy atom. The fraction of sp³-hybridized carbons (Fsp3) is 0.0400. The summed E-state index contributed by atoms with van der Waals surface area (Å²) in [5, 5.41) is 12.3. The van der Waals surface area contributed by atoms with E-state index in [1.54, 1.807) is 36.4 Å². The van der Waals surface area contributed by atoms with Crippen LogP contribution in [0.1, 0.15) is 11.1 Å². The average Bonchev–Trinajstić information content (AvgIpc) is 3.13.